The fourth-order valence-corrected chi connectivity index (χ4v) is 4.87. The minimum absolute atomic E-state index is 0.0247. The monoisotopic (exact) mass is 445 g/mol. The number of terminal acetylenes is 1. The van der Waals surface area contributed by atoms with Crippen molar-refractivity contribution in [3.63, 3.8) is 0 Å². The first-order valence-electron chi connectivity index (χ1n) is 11.4. The number of amides is 1. The van der Waals surface area contributed by atoms with Crippen LogP contribution < -0.4 is 14.8 Å². The summed E-state index contributed by atoms with van der Waals surface area (Å²) in [6, 6.07) is 13.9. The molecule has 1 amide bonds. The van der Waals surface area contributed by atoms with E-state index in [9.17, 15) is 4.79 Å². The zero-order chi connectivity index (χ0) is 23.2. The van der Waals surface area contributed by atoms with Crippen LogP contribution in [0.25, 0.3) is 10.9 Å². The second kappa shape index (κ2) is 10.5. The van der Waals surface area contributed by atoms with E-state index in [0.717, 1.165) is 47.8 Å². The average Bonchev–Trinajstić information content (AvgIpc) is 3.28. The van der Waals surface area contributed by atoms with E-state index in [-0.39, 0.29) is 17.9 Å². The predicted octanol–water partition coefficient (Wildman–Crippen LogP) is 3.92. The van der Waals surface area contributed by atoms with Gasteiger partial charge in [0.05, 0.1) is 26.8 Å². The first-order valence-corrected chi connectivity index (χ1v) is 11.4. The van der Waals surface area contributed by atoms with Gasteiger partial charge in [-0.1, -0.05) is 42.7 Å². The fourth-order valence-electron chi connectivity index (χ4n) is 4.87. The number of carbonyl (C=O) groups excluding carboxylic acids is 1. The molecule has 6 heteroatoms. The molecule has 2 heterocycles. The van der Waals surface area contributed by atoms with Crippen molar-refractivity contribution in [1.29, 1.82) is 0 Å². The highest BCUT2D eigenvalue weighted by Crippen LogP contribution is 2.40. The van der Waals surface area contributed by atoms with Gasteiger partial charge in [0.25, 0.3) is 0 Å². The molecule has 2 atom stereocenters. The second-order valence-electron chi connectivity index (χ2n) is 8.36. The smallest absolute Gasteiger partial charge is 0.237 e. The van der Waals surface area contributed by atoms with Gasteiger partial charge in [0.1, 0.15) is 0 Å². The zero-order valence-corrected chi connectivity index (χ0v) is 19.3. The molecule has 1 aromatic heterocycles. The number of likely N-dealkylation sites (tertiary alicyclic amines) is 1. The van der Waals surface area contributed by atoms with Gasteiger partial charge in [-0.05, 0) is 37.1 Å². The van der Waals surface area contributed by atoms with Gasteiger partial charge in [0, 0.05) is 35.1 Å². The number of H-pyrrole nitrogens is 1. The third kappa shape index (κ3) is 4.69. The second-order valence-corrected chi connectivity index (χ2v) is 8.36. The maximum atomic E-state index is 13.2. The van der Waals surface area contributed by atoms with Crippen molar-refractivity contribution in [2.24, 2.45) is 0 Å². The SMILES string of the molecule is C#CCN1CCCCC1C(=O)NCC(c1cccc(OC)c1OC)c1c[nH]c2ccccc12. The van der Waals surface area contributed by atoms with Crippen molar-refractivity contribution in [2.45, 2.75) is 31.2 Å². The van der Waals surface area contributed by atoms with Crippen LogP contribution in [-0.2, 0) is 4.79 Å². The van der Waals surface area contributed by atoms with Crippen LogP contribution in [-0.4, -0.2) is 55.7 Å². The third-order valence-corrected chi connectivity index (χ3v) is 6.50. The lowest BCUT2D eigenvalue weighted by Gasteiger charge is -2.33. The number of fused-ring (bicyclic) bond motifs is 1. The number of para-hydroxylation sites is 2. The summed E-state index contributed by atoms with van der Waals surface area (Å²) >= 11 is 0. The van der Waals surface area contributed by atoms with Gasteiger partial charge in [-0.2, -0.15) is 0 Å². The molecule has 6 nitrogen and oxygen atoms in total. The number of piperidine rings is 1. The van der Waals surface area contributed by atoms with Crippen LogP contribution >= 0.6 is 0 Å². The Balaban J connectivity index is 1.67. The number of aromatic nitrogens is 1. The Morgan fingerprint density at radius 2 is 2.03 bits per heavy atom. The number of nitrogens with zero attached hydrogens (tertiary/aromatic N) is 1. The molecule has 1 aliphatic rings. The minimum Gasteiger partial charge on any atom is -0.493 e. The fraction of sp³-hybridized carbons (Fsp3) is 0.370. The molecule has 3 aromatic rings. The van der Waals surface area contributed by atoms with Gasteiger partial charge in [0.15, 0.2) is 11.5 Å². The van der Waals surface area contributed by atoms with Gasteiger partial charge in [-0.15, -0.1) is 6.42 Å². The van der Waals surface area contributed by atoms with E-state index in [1.165, 1.54) is 0 Å². The molecular formula is C27H31N3O3. The van der Waals surface area contributed by atoms with Gasteiger partial charge in [-0.25, -0.2) is 0 Å². The molecule has 0 bridgehead atoms. The Bertz CT molecular complexity index is 1150. The first-order chi connectivity index (χ1) is 16.2. The normalized spacial score (nSPS) is 17.3. The van der Waals surface area contributed by atoms with E-state index in [0.29, 0.717) is 24.6 Å². The average molecular weight is 446 g/mol. The highest BCUT2D eigenvalue weighted by atomic mass is 16.5. The number of benzene rings is 2. The number of aromatic amines is 1. The molecule has 33 heavy (non-hydrogen) atoms. The summed E-state index contributed by atoms with van der Waals surface area (Å²) in [7, 11) is 3.28. The third-order valence-electron chi connectivity index (χ3n) is 6.50. The van der Waals surface area contributed by atoms with Crippen LogP contribution in [0.2, 0.25) is 0 Å². The van der Waals surface area contributed by atoms with Crippen molar-refractivity contribution < 1.29 is 14.3 Å². The van der Waals surface area contributed by atoms with E-state index in [1.54, 1.807) is 14.2 Å². The number of hydrogen-bond acceptors (Lipinski definition) is 4. The first kappa shape index (κ1) is 22.8. The zero-order valence-electron chi connectivity index (χ0n) is 19.3. The van der Waals surface area contributed by atoms with Crippen LogP contribution in [0, 0.1) is 12.3 Å². The van der Waals surface area contributed by atoms with Crippen LogP contribution in [0.15, 0.2) is 48.7 Å². The summed E-state index contributed by atoms with van der Waals surface area (Å²) in [4.78, 5) is 18.7. The number of rotatable bonds is 8. The number of hydrogen-bond donors (Lipinski definition) is 2. The minimum atomic E-state index is -0.189. The van der Waals surface area contributed by atoms with Crippen molar-refractivity contribution >= 4 is 16.8 Å². The molecule has 4 rings (SSSR count). The summed E-state index contributed by atoms with van der Waals surface area (Å²) in [5, 5.41) is 4.34. The molecule has 1 fully saturated rings. The molecule has 172 valence electrons. The van der Waals surface area contributed by atoms with E-state index in [2.05, 4.69) is 33.3 Å². The lowest BCUT2D eigenvalue weighted by molar-refractivity contribution is -0.127. The molecule has 2 aromatic carbocycles. The Morgan fingerprint density at radius 1 is 1.18 bits per heavy atom. The molecular weight excluding hydrogens is 414 g/mol. The van der Waals surface area contributed by atoms with Crippen molar-refractivity contribution in [1.82, 2.24) is 15.2 Å². The highest BCUT2D eigenvalue weighted by Gasteiger charge is 2.30. The molecule has 0 aliphatic carbocycles. The molecule has 0 saturated carbocycles. The quantitative estimate of drug-likeness (QED) is 0.516. The summed E-state index contributed by atoms with van der Waals surface area (Å²) in [6.45, 7) is 1.79. The van der Waals surface area contributed by atoms with E-state index < -0.39 is 0 Å². The molecule has 2 N–H and O–H groups in total. The Morgan fingerprint density at radius 3 is 2.82 bits per heavy atom. The van der Waals surface area contributed by atoms with E-state index in [4.69, 9.17) is 15.9 Å². The Hall–Kier alpha value is -3.43. The number of carbonyl (C=O) groups is 1. The Kier molecular flexibility index (Phi) is 7.21. The summed E-state index contributed by atoms with van der Waals surface area (Å²) in [5.74, 6) is 3.94. The van der Waals surface area contributed by atoms with Gasteiger partial charge >= 0.3 is 0 Å². The lowest BCUT2D eigenvalue weighted by atomic mass is 9.89. The largest absolute Gasteiger partial charge is 0.493 e. The van der Waals surface area contributed by atoms with Crippen molar-refractivity contribution in [3.05, 3.63) is 59.8 Å². The van der Waals surface area contributed by atoms with E-state index >= 15 is 0 Å². The molecule has 1 aliphatic heterocycles. The van der Waals surface area contributed by atoms with Gasteiger partial charge in [0.2, 0.25) is 5.91 Å². The van der Waals surface area contributed by atoms with Crippen LogP contribution in [0.4, 0.5) is 0 Å². The molecule has 0 radical (unpaired) electrons. The summed E-state index contributed by atoms with van der Waals surface area (Å²) in [5.41, 5.74) is 3.12. The molecule has 1 saturated heterocycles. The van der Waals surface area contributed by atoms with Gasteiger partial charge < -0.3 is 19.8 Å². The number of methoxy groups -OCH3 is 2. The highest BCUT2D eigenvalue weighted by molar-refractivity contribution is 5.85. The van der Waals surface area contributed by atoms with Gasteiger partial charge in [-0.3, -0.25) is 9.69 Å². The lowest BCUT2D eigenvalue weighted by Crippen LogP contribution is -2.50. The molecule has 0 spiro atoms. The number of ether oxygens (including phenoxy) is 2. The van der Waals surface area contributed by atoms with Crippen LogP contribution in [0.3, 0.4) is 0 Å². The summed E-state index contributed by atoms with van der Waals surface area (Å²) < 4.78 is 11.3. The standard InChI is InChI=1S/C27H31N3O3/c1-4-15-30-16-8-7-13-24(30)27(31)29-18-22(20-11-9-14-25(32-2)26(20)33-3)21-17-28-23-12-6-5-10-19(21)23/h1,5-6,9-12,14,17,22,24,28H,7-8,13,15-16,18H2,2-3H3,(H,29,31). The summed E-state index contributed by atoms with van der Waals surface area (Å²) in [6.07, 6.45) is 10.5. The van der Waals surface area contributed by atoms with Crippen molar-refractivity contribution in [2.75, 3.05) is 33.9 Å². The Labute approximate surface area is 195 Å². The van der Waals surface area contributed by atoms with Crippen molar-refractivity contribution in [3.8, 4) is 23.8 Å². The molecule has 2 unspecified atom stereocenters. The topological polar surface area (TPSA) is 66.6 Å². The van der Waals surface area contributed by atoms with Crippen LogP contribution in [0.1, 0.15) is 36.3 Å². The van der Waals surface area contributed by atoms with Crippen LogP contribution in [0.5, 0.6) is 11.5 Å². The number of nitrogens with one attached hydrogen (secondary N) is 2. The van der Waals surface area contributed by atoms with E-state index in [1.807, 2.05) is 36.5 Å². The maximum absolute atomic E-state index is 13.2. The predicted molar refractivity (Wildman–Crippen MR) is 131 cm³/mol. The maximum Gasteiger partial charge on any atom is 0.237 e.